The molecule has 0 unspecified atom stereocenters. The minimum Gasteiger partial charge on any atom is -0.393 e. The third kappa shape index (κ3) is 3.60. The van der Waals surface area contributed by atoms with Crippen LogP contribution in [0.2, 0.25) is 10.0 Å². The number of hydrogen-bond donors (Lipinski definition) is 4. The molecule has 0 aliphatic heterocycles. The molecule has 6 nitrogen and oxygen atoms in total. The van der Waals surface area contributed by atoms with E-state index in [1.807, 2.05) is 0 Å². The average Bonchev–Trinajstić information content (AvgIpc) is 2.69. The molecule has 0 saturated carbocycles. The first-order valence-corrected chi connectivity index (χ1v) is 9.35. The predicted molar refractivity (Wildman–Crippen MR) is 101 cm³/mol. The molecular weight excluding hydrogens is 410 g/mol. The first kappa shape index (κ1) is 21.0. The number of amides is 1. The fraction of sp³-hybridized carbons (Fsp3) is 0.368. The number of alkyl halides is 1. The van der Waals surface area contributed by atoms with E-state index in [2.05, 4.69) is 10.3 Å². The third-order valence-corrected chi connectivity index (χ3v) is 5.58. The van der Waals surface area contributed by atoms with Crippen LogP contribution in [0.25, 0.3) is 0 Å². The summed E-state index contributed by atoms with van der Waals surface area (Å²) in [5, 5.41) is 32.6. The highest BCUT2D eigenvalue weighted by Crippen LogP contribution is 2.45. The Hall–Kier alpha value is -1.77. The number of carbonyl (C=O) groups excluding carboxylic acids is 1. The van der Waals surface area contributed by atoms with Crippen molar-refractivity contribution in [1.29, 1.82) is 0 Å². The SMILES string of the molecule is O=C(NCc1c(Cl)cc(Cl)cc1CO)[C@]1(F)CC[C@@](O)(CO)c2ncccc21. The number of fused-ring (bicyclic) bond motifs is 1. The van der Waals surface area contributed by atoms with E-state index in [0.717, 1.165) is 0 Å². The first-order valence-electron chi connectivity index (χ1n) is 8.59. The van der Waals surface area contributed by atoms with Crippen LogP contribution in [0.3, 0.4) is 0 Å². The molecule has 0 spiro atoms. The summed E-state index contributed by atoms with van der Waals surface area (Å²) >= 11 is 12.1. The Morgan fingerprint density at radius 3 is 2.71 bits per heavy atom. The summed E-state index contributed by atoms with van der Waals surface area (Å²) < 4.78 is 15.7. The van der Waals surface area contributed by atoms with Crippen molar-refractivity contribution >= 4 is 29.1 Å². The molecule has 0 fully saturated rings. The van der Waals surface area contributed by atoms with Gasteiger partial charge in [-0.25, -0.2) is 4.39 Å². The number of benzene rings is 1. The Bertz CT molecular complexity index is 913. The van der Waals surface area contributed by atoms with Crippen LogP contribution in [0, 0.1) is 0 Å². The molecule has 9 heteroatoms. The lowest BCUT2D eigenvalue weighted by atomic mass is 9.74. The number of aliphatic hydroxyl groups excluding tert-OH is 2. The van der Waals surface area contributed by atoms with E-state index in [-0.39, 0.29) is 42.3 Å². The number of aliphatic hydroxyl groups is 3. The van der Waals surface area contributed by atoms with Crippen molar-refractivity contribution < 1.29 is 24.5 Å². The lowest BCUT2D eigenvalue weighted by Gasteiger charge is -2.38. The summed E-state index contributed by atoms with van der Waals surface area (Å²) in [5.74, 6) is -0.920. The maximum absolute atomic E-state index is 15.7. The van der Waals surface area contributed by atoms with Gasteiger partial charge in [0.1, 0.15) is 5.60 Å². The quantitative estimate of drug-likeness (QED) is 0.585. The number of hydrogen-bond acceptors (Lipinski definition) is 5. The lowest BCUT2D eigenvalue weighted by molar-refractivity contribution is -0.138. The number of pyridine rings is 1. The van der Waals surface area contributed by atoms with Gasteiger partial charge in [-0.3, -0.25) is 9.78 Å². The summed E-state index contributed by atoms with van der Waals surface area (Å²) in [6.45, 7) is -1.09. The number of nitrogens with one attached hydrogen (secondary N) is 1. The molecule has 2 aromatic rings. The Morgan fingerprint density at radius 1 is 1.29 bits per heavy atom. The smallest absolute Gasteiger partial charge is 0.262 e. The standard InChI is InChI=1S/C19H19Cl2FN2O4/c20-12-6-11(9-25)13(15(21)7-12)8-24-17(27)19(22)4-3-18(28,10-26)16-14(19)2-1-5-23-16/h1-2,5-7,25-26,28H,3-4,8-10H2,(H,24,27)/t18-,19+/m1/s1. The van der Waals surface area contributed by atoms with Gasteiger partial charge in [0.2, 0.25) is 5.67 Å². The molecule has 1 aromatic carbocycles. The number of aromatic nitrogens is 1. The Balaban J connectivity index is 1.88. The van der Waals surface area contributed by atoms with Crippen molar-refractivity contribution in [2.45, 2.75) is 37.3 Å². The maximum Gasteiger partial charge on any atom is 0.262 e. The monoisotopic (exact) mass is 428 g/mol. The van der Waals surface area contributed by atoms with E-state index in [9.17, 15) is 20.1 Å². The normalized spacial score (nSPS) is 23.9. The molecule has 0 radical (unpaired) electrons. The van der Waals surface area contributed by atoms with Crippen LogP contribution in [-0.2, 0) is 29.2 Å². The van der Waals surface area contributed by atoms with Crippen molar-refractivity contribution in [3.63, 3.8) is 0 Å². The van der Waals surface area contributed by atoms with Gasteiger partial charge in [0.25, 0.3) is 5.91 Å². The van der Waals surface area contributed by atoms with E-state index in [1.165, 1.54) is 30.5 Å². The first-order chi connectivity index (χ1) is 13.2. The van der Waals surface area contributed by atoms with Crippen LogP contribution in [0.1, 0.15) is 35.2 Å². The van der Waals surface area contributed by atoms with Crippen LogP contribution in [-0.4, -0.2) is 32.8 Å². The number of halogens is 3. The molecule has 2 atom stereocenters. The van der Waals surface area contributed by atoms with Crippen molar-refractivity contribution in [2.75, 3.05) is 6.61 Å². The van der Waals surface area contributed by atoms with Crippen LogP contribution in [0.15, 0.2) is 30.5 Å². The Morgan fingerprint density at radius 2 is 2.04 bits per heavy atom. The van der Waals surface area contributed by atoms with Crippen molar-refractivity contribution in [3.8, 4) is 0 Å². The van der Waals surface area contributed by atoms with Gasteiger partial charge in [-0.15, -0.1) is 0 Å². The largest absolute Gasteiger partial charge is 0.393 e. The summed E-state index contributed by atoms with van der Waals surface area (Å²) in [7, 11) is 0. The zero-order valence-corrected chi connectivity index (χ0v) is 16.3. The van der Waals surface area contributed by atoms with E-state index in [0.29, 0.717) is 16.1 Å². The van der Waals surface area contributed by atoms with Gasteiger partial charge in [0.15, 0.2) is 0 Å². The second-order valence-electron chi connectivity index (χ2n) is 6.76. The average molecular weight is 429 g/mol. The highest BCUT2D eigenvalue weighted by atomic mass is 35.5. The highest BCUT2D eigenvalue weighted by Gasteiger charge is 2.51. The second kappa shape index (κ2) is 7.93. The van der Waals surface area contributed by atoms with E-state index < -0.39 is 23.8 Å². The minimum absolute atomic E-state index is 0.0537. The third-order valence-electron chi connectivity index (χ3n) is 5.03. The van der Waals surface area contributed by atoms with Gasteiger partial charge in [-0.2, -0.15) is 0 Å². The number of carbonyl (C=O) groups is 1. The molecule has 28 heavy (non-hydrogen) atoms. The zero-order valence-electron chi connectivity index (χ0n) is 14.8. The fourth-order valence-electron chi connectivity index (χ4n) is 3.42. The topological polar surface area (TPSA) is 103 Å². The van der Waals surface area contributed by atoms with Gasteiger partial charge < -0.3 is 20.6 Å². The highest BCUT2D eigenvalue weighted by molar-refractivity contribution is 6.35. The van der Waals surface area contributed by atoms with Crippen molar-refractivity contribution in [1.82, 2.24) is 10.3 Å². The van der Waals surface area contributed by atoms with Gasteiger partial charge >= 0.3 is 0 Å². The maximum atomic E-state index is 15.7. The predicted octanol–water partition coefficient (Wildman–Crippen LogP) is 2.34. The molecule has 1 aromatic heterocycles. The summed E-state index contributed by atoms with van der Waals surface area (Å²) in [5.41, 5.74) is -3.41. The fourth-order valence-corrected chi connectivity index (χ4v) is 4.02. The van der Waals surface area contributed by atoms with Gasteiger partial charge in [-0.05, 0) is 42.2 Å². The molecule has 3 rings (SSSR count). The van der Waals surface area contributed by atoms with Crippen LogP contribution < -0.4 is 5.32 Å². The molecule has 150 valence electrons. The molecule has 1 heterocycles. The summed E-state index contributed by atoms with van der Waals surface area (Å²) in [4.78, 5) is 16.7. The molecular formula is C19H19Cl2FN2O4. The minimum atomic E-state index is -2.43. The van der Waals surface area contributed by atoms with Gasteiger partial charge in [-0.1, -0.05) is 29.3 Å². The van der Waals surface area contributed by atoms with Crippen LogP contribution >= 0.6 is 23.2 Å². The van der Waals surface area contributed by atoms with E-state index in [1.54, 1.807) is 0 Å². The van der Waals surface area contributed by atoms with Crippen molar-refractivity contribution in [3.05, 3.63) is 62.9 Å². The van der Waals surface area contributed by atoms with E-state index >= 15 is 4.39 Å². The lowest BCUT2D eigenvalue weighted by Crippen LogP contribution is -2.49. The molecule has 0 bridgehead atoms. The zero-order chi connectivity index (χ0) is 20.5. The summed E-state index contributed by atoms with van der Waals surface area (Å²) in [6, 6.07) is 5.82. The molecule has 1 amide bonds. The Kier molecular flexibility index (Phi) is 5.93. The van der Waals surface area contributed by atoms with Crippen molar-refractivity contribution in [2.24, 2.45) is 0 Å². The second-order valence-corrected chi connectivity index (χ2v) is 7.60. The van der Waals surface area contributed by atoms with Gasteiger partial charge in [0, 0.05) is 28.4 Å². The molecule has 4 N–H and O–H groups in total. The van der Waals surface area contributed by atoms with Crippen LogP contribution in [0.5, 0.6) is 0 Å². The van der Waals surface area contributed by atoms with E-state index in [4.69, 9.17) is 23.2 Å². The number of rotatable bonds is 5. The van der Waals surface area contributed by atoms with Crippen LogP contribution in [0.4, 0.5) is 4.39 Å². The molecule has 1 aliphatic carbocycles. The molecule has 1 aliphatic rings. The summed E-state index contributed by atoms with van der Waals surface area (Å²) in [6.07, 6.45) is 0.876. The van der Waals surface area contributed by atoms with Gasteiger partial charge in [0.05, 0.1) is 18.9 Å². The molecule has 0 saturated heterocycles. The Labute approximate surface area is 170 Å². The number of nitrogens with zero attached hydrogens (tertiary/aromatic N) is 1.